The second-order valence-electron chi connectivity index (χ2n) is 3.78. The molecule has 78 valence electrons. The molecule has 2 atom stereocenters. The maximum atomic E-state index is 5.77. The standard InChI is InChI=1S/C9H12ClNO2S/c1-5-7(13-9(2,3)12-5)6-4-11-8(10)14-6/h4-5,7H,1-3H3/t5-,7+/m0/s1. The van der Waals surface area contributed by atoms with Crippen molar-refractivity contribution >= 4 is 22.9 Å². The Bertz CT molecular complexity index is 339. The SMILES string of the molecule is C[C@@H]1OC(C)(C)O[C@H]1c1cnc(Cl)s1. The Morgan fingerprint density at radius 2 is 2.21 bits per heavy atom. The first-order valence-corrected chi connectivity index (χ1v) is 5.64. The summed E-state index contributed by atoms with van der Waals surface area (Å²) in [6, 6.07) is 0. The predicted molar refractivity (Wildman–Crippen MR) is 55.6 cm³/mol. The van der Waals surface area contributed by atoms with Gasteiger partial charge in [-0.1, -0.05) is 11.6 Å². The highest BCUT2D eigenvalue weighted by Gasteiger charge is 2.40. The van der Waals surface area contributed by atoms with Crippen molar-refractivity contribution in [1.82, 2.24) is 4.98 Å². The highest BCUT2D eigenvalue weighted by atomic mass is 35.5. The molecule has 0 radical (unpaired) electrons. The van der Waals surface area contributed by atoms with Gasteiger partial charge in [-0.25, -0.2) is 4.98 Å². The molecule has 1 aliphatic rings. The molecular formula is C9H12ClNO2S. The molecule has 1 saturated heterocycles. The van der Waals surface area contributed by atoms with E-state index in [4.69, 9.17) is 21.1 Å². The van der Waals surface area contributed by atoms with Crippen LogP contribution in [0.25, 0.3) is 0 Å². The van der Waals surface area contributed by atoms with Gasteiger partial charge >= 0.3 is 0 Å². The molecule has 5 heteroatoms. The lowest BCUT2D eigenvalue weighted by Crippen LogP contribution is -2.20. The van der Waals surface area contributed by atoms with Crippen LogP contribution < -0.4 is 0 Å². The molecule has 0 bridgehead atoms. The molecule has 0 aliphatic carbocycles. The number of nitrogens with zero attached hydrogens (tertiary/aromatic N) is 1. The van der Waals surface area contributed by atoms with Crippen LogP contribution in [0.5, 0.6) is 0 Å². The van der Waals surface area contributed by atoms with Crippen LogP contribution in [0.3, 0.4) is 0 Å². The second-order valence-corrected chi connectivity index (χ2v) is 5.42. The lowest BCUT2D eigenvalue weighted by molar-refractivity contribution is -0.145. The number of aromatic nitrogens is 1. The normalized spacial score (nSPS) is 30.9. The smallest absolute Gasteiger partial charge is 0.183 e. The lowest BCUT2D eigenvalue weighted by atomic mass is 10.2. The monoisotopic (exact) mass is 233 g/mol. The van der Waals surface area contributed by atoms with Gasteiger partial charge < -0.3 is 9.47 Å². The summed E-state index contributed by atoms with van der Waals surface area (Å²) in [7, 11) is 0. The fraction of sp³-hybridized carbons (Fsp3) is 0.667. The van der Waals surface area contributed by atoms with E-state index in [1.807, 2.05) is 20.8 Å². The van der Waals surface area contributed by atoms with Gasteiger partial charge in [-0.2, -0.15) is 0 Å². The summed E-state index contributed by atoms with van der Waals surface area (Å²) in [4.78, 5) is 5.01. The highest BCUT2D eigenvalue weighted by Crippen LogP contribution is 2.40. The minimum atomic E-state index is -0.513. The van der Waals surface area contributed by atoms with Crippen LogP contribution in [-0.2, 0) is 9.47 Å². The third-order valence-corrected chi connectivity index (χ3v) is 3.26. The van der Waals surface area contributed by atoms with E-state index >= 15 is 0 Å². The zero-order valence-corrected chi connectivity index (χ0v) is 9.85. The molecule has 1 aliphatic heterocycles. The minimum Gasteiger partial charge on any atom is -0.344 e. The van der Waals surface area contributed by atoms with Crippen molar-refractivity contribution in [2.45, 2.75) is 38.8 Å². The van der Waals surface area contributed by atoms with Gasteiger partial charge in [0.1, 0.15) is 6.10 Å². The Morgan fingerprint density at radius 1 is 1.50 bits per heavy atom. The number of hydrogen-bond donors (Lipinski definition) is 0. The van der Waals surface area contributed by atoms with Gasteiger partial charge in [0.15, 0.2) is 10.3 Å². The van der Waals surface area contributed by atoms with E-state index in [0.717, 1.165) is 4.88 Å². The maximum Gasteiger partial charge on any atom is 0.183 e. The fourth-order valence-electron chi connectivity index (χ4n) is 1.62. The average Bonchev–Trinajstić information content (AvgIpc) is 2.55. The number of thiazole rings is 1. The lowest BCUT2D eigenvalue weighted by Gasteiger charge is -2.16. The number of ether oxygens (including phenoxy) is 2. The molecule has 1 aromatic rings. The van der Waals surface area contributed by atoms with E-state index in [2.05, 4.69) is 4.98 Å². The van der Waals surface area contributed by atoms with Crippen LogP contribution >= 0.6 is 22.9 Å². The maximum absolute atomic E-state index is 5.77. The zero-order chi connectivity index (χ0) is 10.3. The van der Waals surface area contributed by atoms with Gasteiger partial charge in [0.2, 0.25) is 0 Å². The van der Waals surface area contributed by atoms with Crippen molar-refractivity contribution < 1.29 is 9.47 Å². The quantitative estimate of drug-likeness (QED) is 0.747. The van der Waals surface area contributed by atoms with E-state index in [9.17, 15) is 0 Å². The minimum absolute atomic E-state index is 0.0431. The van der Waals surface area contributed by atoms with E-state index in [0.29, 0.717) is 4.47 Å². The Morgan fingerprint density at radius 3 is 2.64 bits per heavy atom. The molecule has 0 saturated carbocycles. The van der Waals surface area contributed by atoms with Crippen LogP contribution in [-0.4, -0.2) is 16.9 Å². The van der Waals surface area contributed by atoms with Crippen LogP contribution in [0.2, 0.25) is 4.47 Å². The summed E-state index contributed by atoms with van der Waals surface area (Å²) in [6.45, 7) is 5.81. The Labute approximate surface area is 92.0 Å². The molecule has 1 aromatic heterocycles. The topological polar surface area (TPSA) is 31.4 Å². The number of halogens is 1. The van der Waals surface area contributed by atoms with Crippen LogP contribution in [0.4, 0.5) is 0 Å². The number of rotatable bonds is 1. The van der Waals surface area contributed by atoms with Crippen molar-refractivity contribution in [3.05, 3.63) is 15.5 Å². The second kappa shape index (κ2) is 3.45. The van der Waals surface area contributed by atoms with Crippen LogP contribution in [0.15, 0.2) is 6.20 Å². The van der Waals surface area contributed by atoms with Crippen molar-refractivity contribution in [3.63, 3.8) is 0 Å². The predicted octanol–water partition coefficient (Wildman–Crippen LogP) is 3.01. The Kier molecular flexibility index (Phi) is 2.55. The first-order valence-electron chi connectivity index (χ1n) is 4.45. The van der Waals surface area contributed by atoms with Crippen LogP contribution in [0.1, 0.15) is 31.8 Å². The highest BCUT2D eigenvalue weighted by molar-refractivity contribution is 7.15. The summed E-state index contributed by atoms with van der Waals surface area (Å²) < 4.78 is 11.9. The third kappa shape index (κ3) is 1.93. The summed E-state index contributed by atoms with van der Waals surface area (Å²) in [6.07, 6.45) is 1.75. The van der Waals surface area contributed by atoms with E-state index < -0.39 is 5.79 Å². The zero-order valence-electron chi connectivity index (χ0n) is 8.28. The summed E-state index contributed by atoms with van der Waals surface area (Å²) in [5, 5.41) is 0. The van der Waals surface area contributed by atoms with Gasteiger partial charge in [-0.15, -0.1) is 11.3 Å². The summed E-state index contributed by atoms with van der Waals surface area (Å²) >= 11 is 7.21. The molecule has 1 fully saturated rings. The molecule has 0 unspecified atom stereocenters. The average molecular weight is 234 g/mol. The van der Waals surface area contributed by atoms with Gasteiger partial charge in [0.25, 0.3) is 0 Å². The van der Waals surface area contributed by atoms with Crippen molar-refractivity contribution in [3.8, 4) is 0 Å². The molecule has 0 aromatic carbocycles. The van der Waals surface area contributed by atoms with Crippen molar-refractivity contribution in [2.24, 2.45) is 0 Å². The molecule has 3 nitrogen and oxygen atoms in total. The third-order valence-electron chi connectivity index (χ3n) is 2.08. The van der Waals surface area contributed by atoms with Crippen molar-refractivity contribution in [2.75, 3.05) is 0 Å². The van der Waals surface area contributed by atoms with Gasteiger partial charge in [-0.3, -0.25) is 0 Å². The summed E-state index contributed by atoms with van der Waals surface area (Å²) in [5.41, 5.74) is 0. The first kappa shape index (κ1) is 10.4. The van der Waals surface area contributed by atoms with E-state index in [-0.39, 0.29) is 12.2 Å². The number of hydrogen-bond acceptors (Lipinski definition) is 4. The largest absolute Gasteiger partial charge is 0.344 e. The fourth-order valence-corrected chi connectivity index (χ4v) is 2.70. The van der Waals surface area contributed by atoms with E-state index in [1.54, 1.807) is 6.20 Å². The van der Waals surface area contributed by atoms with Gasteiger partial charge in [0.05, 0.1) is 11.0 Å². The molecule has 2 heterocycles. The Hall–Kier alpha value is -0.160. The van der Waals surface area contributed by atoms with Gasteiger partial charge in [0, 0.05) is 6.20 Å². The van der Waals surface area contributed by atoms with E-state index in [1.165, 1.54) is 11.3 Å². The molecule has 14 heavy (non-hydrogen) atoms. The molecular weight excluding hydrogens is 222 g/mol. The molecule has 0 amide bonds. The summed E-state index contributed by atoms with van der Waals surface area (Å²) in [5.74, 6) is -0.513. The van der Waals surface area contributed by atoms with Crippen molar-refractivity contribution in [1.29, 1.82) is 0 Å². The molecule has 0 N–H and O–H groups in total. The molecule has 2 rings (SSSR count). The Balaban J connectivity index is 2.20. The van der Waals surface area contributed by atoms with Gasteiger partial charge in [-0.05, 0) is 20.8 Å². The first-order chi connectivity index (χ1) is 6.48. The van der Waals surface area contributed by atoms with Crippen LogP contribution in [0, 0.1) is 0 Å². The molecule has 0 spiro atoms.